The van der Waals surface area contributed by atoms with E-state index in [1.165, 1.54) is 6.42 Å². The van der Waals surface area contributed by atoms with Gasteiger partial charge in [-0.15, -0.1) is 0 Å². The van der Waals surface area contributed by atoms with Crippen molar-refractivity contribution in [1.82, 2.24) is 19.8 Å². The zero-order valence-electron chi connectivity index (χ0n) is 17.0. The summed E-state index contributed by atoms with van der Waals surface area (Å²) in [7, 11) is 0. The van der Waals surface area contributed by atoms with Crippen molar-refractivity contribution in [2.45, 2.75) is 25.7 Å². The molecule has 4 heterocycles. The molecule has 7 nitrogen and oxygen atoms in total. The number of carbonyl (C=O) groups excluding carboxylic acids is 2. The molecule has 0 unspecified atom stereocenters. The lowest BCUT2D eigenvalue weighted by atomic mass is 10.1. The molecule has 2 aliphatic rings. The van der Waals surface area contributed by atoms with E-state index < -0.39 is 0 Å². The van der Waals surface area contributed by atoms with Gasteiger partial charge in [0.05, 0.1) is 10.6 Å². The highest BCUT2D eigenvalue weighted by molar-refractivity contribution is 6.33. The van der Waals surface area contributed by atoms with Gasteiger partial charge in [-0.1, -0.05) is 11.6 Å². The van der Waals surface area contributed by atoms with E-state index in [1.807, 2.05) is 9.80 Å². The first-order valence-electron chi connectivity index (χ1n) is 10.5. The molecule has 8 heteroatoms. The van der Waals surface area contributed by atoms with Crippen molar-refractivity contribution in [3.05, 3.63) is 52.9 Å². The molecule has 0 atom stereocenters. The molecule has 30 heavy (non-hydrogen) atoms. The third-order valence-corrected chi connectivity index (χ3v) is 6.00. The minimum atomic E-state index is 0.000592. The van der Waals surface area contributed by atoms with E-state index in [1.54, 1.807) is 36.8 Å². The molecule has 0 aromatic carbocycles. The average Bonchev–Trinajstić information content (AvgIpc) is 3.05. The molecule has 4 rings (SSSR count). The maximum Gasteiger partial charge on any atom is 0.255 e. The predicted molar refractivity (Wildman–Crippen MR) is 116 cm³/mol. The van der Waals surface area contributed by atoms with Crippen LogP contribution in [0.2, 0.25) is 5.02 Å². The van der Waals surface area contributed by atoms with Crippen molar-refractivity contribution in [1.29, 1.82) is 0 Å². The molecule has 0 bridgehead atoms. The highest BCUT2D eigenvalue weighted by atomic mass is 35.5. The van der Waals surface area contributed by atoms with Crippen molar-refractivity contribution < 1.29 is 9.59 Å². The molecule has 0 N–H and O–H groups in total. The topological polar surface area (TPSA) is 69.6 Å². The van der Waals surface area contributed by atoms with Gasteiger partial charge in [0, 0.05) is 63.4 Å². The third kappa shape index (κ3) is 4.56. The minimum absolute atomic E-state index is 0.000592. The number of halogens is 1. The van der Waals surface area contributed by atoms with E-state index >= 15 is 0 Å². The fourth-order valence-corrected chi connectivity index (χ4v) is 4.36. The number of rotatable bonds is 3. The third-order valence-electron chi connectivity index (χ3n) is 5.72. The van der Waals surface area contributed by atoms with Gasteiger partial charge in [-0.25, -0.2) is 4.98 Å². The molecule has 2 aromatic heterocycles. The van der Waals surface area contributed by atoms with E-state index in [0.717, 1.165) is 38.9 Å². The van der Waals surface area contributed by atoms with Crippen LogP contribution in [-0.4, -0.2) is 70.9 Å². The van der Waals surface area contributed by atoms with Crippen LogP contribution in [0.25, 0.3) is 0 Å². The van der Waals surface area contributed by atoms with Crippen molar-refractivity contribution in [2.75, 3.05) is 44.2 Å². The van der Waals surface area contributed by atoms with Crippen molar-refractivity contribution in [3.8, 4) is 0 Å². The highest BCUT2D eigenvalue weighted by Gasteiger charge is 2.24. The second-order valence-electron chi connectivity index (χ2n) is 7.75. The number of likely N-dealkylation sites (tertiary alicyclic amines) is 1. The zero-order valence-corrected chi connectivity index (χ0v) is 17.7. The number of piperidine rings is 1. The first-order valence-corrected chi connectivity index (χ1v) is 10.9. The monoisotopic (exact) mass is 427 g/mol. The zero-order chi connectivity index (χ0) is 20.9. The number of pyridine rings is 2. The molecule has 2 saturated heterocycles. The number of hydrogen-bond donors (Lipinski definition) is 0. The second-order valence-corrected chi connectivity index (χ2v) is 8.16. The van der Waals surface area contributed by atoms with E-state index in [0.29, 0.717) is 41.6 Å². The molecule has 2 aromatic rings. The van der Waals surface area contributed by atoms with Gasteiger partial charge in [0.1, 0.15) is 5.82 Å². The Morgan fingerprint density at radius 2 is 1.47 bits per heavy atom. The molecule has 2 aliphatic heterocycles. The van der Waals surface area contributed by atoms with E-state index in [-0.39, 0.29) is 11.8 Å². The van der Waals surface area contributed by atoms with Crippen LogP contribution in [0.15, 0.2) is 36.8 Å². The largest absolute Gasteiger partial charge is 0.354 e. The lowest BCUT2D eigenvalue weighted by molar-refractivity contribution is 0.0722. The van der Waals surface area contributed by atoms with Crippen molar-refractivity contribution in [3.63, 3.8) is 0 Å². The summed E-state index contributed by atoms with van der Waals surface area (Å²) in [6, 6.07) is 5.20. The molecule has 0 spiro atoms. The molecule has 0 aliphatic carbocycles. The first-order chi connectivity index (χ1) is 14.6. The quantitative estimate of drug-likeness (QED) is 0.752. The average molecular weight is 428 g/mol. The lowest BCUT2D eigenvalue weighted by Gasteiger charge is -2.27. The van der Waals surface area contributed by atoms with Crippen LogP contribution in [0.5, 0.6) is 0 Å². The number of carbonyl (C=O) groups is 2. The van der Waals surface area contributed by atoms with Gasteiger partial charge in [-0.3, -0.25) is 14.6 Å². The van der Waals surface area contributed by atoms with Crippen LogP contribution in [0, 0.1) is 0 Å². The molecular formula is C22H26ClN5O2. The molecule has 2 fully saturated rings. The summed E-state index contributed by atoms with van der Waals surface area (Å²) in [5.41, 5.74) is 1.19. The van der Waals surface area contributed by atoms with Crippen LogP contribution in [0.1, 0.15) is 46.4 Å². The Bertz CT molecular complexity index is 902. The smallest absolute Gasteiger partial charge is 0.255 e. The van der Waals surface area contributed by atoms with Gasteiger partial charge < -0.3 is 14.7 Å². The Labute approximate surface area is 181 Å². The fraction of sp³-hybridized carbons (Fsp3) is 0.455. The van der Waals surface area contributed by atoms with Crippen LogP contribution in [0.4, 0.5) is 5.82 Å². The Kier molecular flexibility index (Phi) is 6.47. The number of anilines is 1. The van der Waals surface area contributed by atoms with Crippen molar-refractivity contribution in [2.24, 2.45) is 0 Å². The van der Waals surface area contributed by atoms with E-state index in [4.69, 9.17) is 11.6 Å². The van der Waals surface area contributed by atoms with Crippen LogP contribution in [0.3, 0.4) is 0 Å². The molecule has 158 valence electrons. The summed E-state index contributed by atoms with van der Waals surface area (Å²) in [6.07, 6.45) is 8.99. The highest BCUT2D eigenvalue weighted by Crippen LogP contribution is 2.26. The van der Waals surface area contributed by atoms with Gasteiger partial charge in [0.15, 0.2) is 0 Å². The predicted octanol–water partition coefficient (Wildman–Crippen LogP) is 3.11. The van der Waals surface area contributed by atoms with Gasteiger partial charge in [-0.2, -0.15) is 0 Å². The van der Waals surface area contributed by atoms with Gasteiger partial charge in [0.2, 0.25) is 0 Å². The number of hydrogen-bond acceptors (Lipinski definition) is 5. The van der Waals surface area contributed by atoms with E-state index in [2.05, 4.69) is 14.9 Å². The molecule has 0 saturated carbocycles. The molecular weight excluding hydrogens is 402 g/mol. The Morgan fingerprint density at radius 3 is 2.20 bits per heavy atom. The van der Waals surface area contributed by atoms with Gasteiger partial charge >= 0.3 is 0 Å². The van der Waals surface area contributed by atoms with Crippen molar-refractivity contribution >= 4 is 29.2 Å². The summed E-state index contributed by atoms with van der Waals surface area (Å²) in [4.78, 5) is 39.8. The van der Waals surface area contributed by atoms with Gasteiger partial charge in [-0.05, 0) is 43.9 Å². The van der Waals surface area contributed by atoms with E-state index in [9.17, 15) is 9.59 Å². The SMILES string of the molecule is O=C(c1cnc(N2CCCN(C(=O)c3ccncc3)CC2)c(Cl)c1)N1CCCCC1. The minimum Gasteiger partial charge on any atom is -0.354 e. The van der Waals surface area contributed by atoms with Gasteiger partial charge in [0.25, 0.3) is 11.8 Å². The fourth-order valence-electron chi connectivity index (χ4n) is 4.07. The van der Waals surface area contributed by atoms with Crippen LogP contribution >= 0.6 is 11.6 Å². The summed E-state index contributed by atoms with van der Waals surface area (Å²) in [6.45, 7) is 4.26. The summed E-state index contributed by atoms with van der Waals surface area (Å²) in [5.74, 6) is 0.687. The lowest BCUT2D eigenvalue weighted by Crippen LogP contribution is -2.36. The summed E-state index contributed by atoms with van der Waals surface area (Å²) >= 11 is 6.53. The molecule has 2 amide bonds. The number of amides is 2. The Morgan fingerprint density at radius 1 is 0.800 bits per heavy atom. The first kappa shape index (κ1) is 20.6. The molecule has 0 radical (unpaired) electrons. The Balaban J connectivity index is 1.43. The Hall–Kier alpha value is -2.67. The maximum absolute atomic E-state index is 12.7. The number of nitrogens with zero attached hydrogens (tertiary/aromatic N) is 5. The number of aromatic nitrogens is 2. The standard InChI is InChI=1S/C22H26ClN5O2/c23-19-15-18(22(30)27-9-2-1-3-10-27)16-25-20(19)26-11-4-12-28(14-13-26)21(29)17-5-7-24-8-6-17/h5-8,15-16H,1-4,9-14H2. The summed E-state index contributed by atoms with van der Waals surface area (Å²) in [5, 5.41) is 0.478. The normalized spacial score (nSPS) is 17.6. The maximum atomic E-state index is 12.7. The summed E-state index contributed by atoms with van der Waals surface area (Å²) < 4.78 is 0. The van der Waals surface area contributed by atoms with Crippen LogP contribution in [-0.2, 0) is 0 Å². The second kappa shape index (κ2) is 9.43. The van der Waals surface area contributed by atoms with Crippen LogP contribution < -0.4 is 4.90 Å².